The zero-order chi connectivity index (χ0) is 21.9. The Labute approximate surface area is 171 Å². The Morgan fingerprint density at radius 1 is 1.13 bits per heavy atom. The molecule has 30 heavy (non-hydrogen) atoms. The maximum atomic E-state index is 13.7. The summed E-state index contributed by atoms with van der Waals surface area (Å²) in [5, 5.41) is 2.59. The van der Waals surface area contributed by atoms with Gasteiger partial charge in [0.15, 0.2) is 0 Å². The van der Waals surface area contributed by atoms with Crippen LogP contribution in [-0.4, -0.2) is 48.7 Å². The minimum atomic E-state index is -4.38. The van der Waals surface area contributed by atoms with Gasteiger partial charge in [0.05, 0.1) is 30.1 Å². The van der Waals surface area contributed by atoms with Crippen molar-refractivity contribution in [2.24, 2.45) is 11.8 Å². The highest BCUT2D eigenvalue weighted by Gasteiger charge is 2.48. The zero-order valence-corrected chi connectivity index (χ0v) is 16.6. The molecule has 1 heterocycles. The fourth-order valence-corrected chi connectivity index (χ4v) is 4.31. The summed E-state index contributed by atoms with van der Waals surface area (Å²) in [7, 11) is 1.41. The highest BCUT2D eigenvalue weighted by atomic mass is 19.4. The van der Waals surface area contributed by atoms with Crippen molar-refractivity contribution in [2.45, 2.75) is 69.2 Å². The first-order valence-corrected chi connectivity index (χ1v) is 10.1. The second-order valence-electron chi connectivity index (χ2n) is 7.99. The largest absolute Gasteiger partial charge is 0.391 e. The van der Waals surface area contributed by atoms with Crippen LogP contribution >= 0.6 is 0 Å². The van der Waals surface area contributed by atoms with Crippen LogP contribution in [0.3, 0.4) is 0 Å². The second-order valence-corrected chi connectivity index (χ2v) is 7.99. The van der Waals surface area contributed by atoms with Crippen molar-refractivity contribution in [3.05, 3.63) is 28.7 Å². The van der Waals surface area contributed by atoms with Gasteiger partial charge in [-0.05, 0) is 38.2 Å². The van der Waals surface area contributed by atoms with Crippen LogP contribution in [0.15, 0.2) is 23.1 Å². The molecule has 2 N–H and O–H groups in total. The lowest BCUT2D eigenvalue weighted by Crippen LogP contribution is -2.47. The van der Waals surface area contributed by atoms with Gasteiger partial charge < -0.3 is 19.8 Å². The van der Waals surface area contributed by atoms with Crippen LogP contribution < -0.4 is 10.9 Å². The van der Waals surface area contributed by atoms with Gasteiger partial charge in [-0.15, -0.1) is 0 Å². The Hall–Kier alpha value is -1.94. The lowest BCUT2D eigenvalue weighted by atomic mass is 9.78. The van der Waals surface area contributed by atoms with Crippen molar-refractivity contribution in [2.75, 3.05) is 12.4 Å². The summed E-state index contributed by atoms with van der Waals surface area (Å²) in [6, 6.07) is 2.68. The molecule has 0 radical (unpaired) electrons. The first kappa shape index (κ1) is 22.7. The second kappa shape index (κ2) is 9.47. The number of amides is 1. The van der Waals surface area contributed by atoms with Gasteiger partial charge in [0.2, 0.25) is 11.5 Å². The van der Waals surface area contributed by atoms with Gasteiger partial charge in [0.25, 0.3) is 0 Å². The minimum absolute atomic E-state index is 0.0000275. The van der Waals surface area contributed by atoms with E-state index in [-0.39, 0.29) is 37.8 Å². The van der Waals surface area contributed by atoms with Gasteiger partial charge in [-0.1, -0.05) is 0 Å². The summed E-state index contributed by atoms with van der Waals surface area (Å²) >= 11 is 0. The SMILES string of the molecule is COC1CC(F)CCC1OC1CC(C(F)(F)F)CCC1C(=O)Nc1cc[nH]c(=O)c1. The molecule has 1 aromatic rings. The molecule has 0 aliphatic heterocycles. The molecular formula is C20H26F4N2O4. The smallest absolute Gasteiger partial charge is 0.379 e. The van der Waals surface area contributed by atoms with Gasteiger partial charge in [-0.2, -0.15) is 13.2 Å². The quantitative estimate of drug-likeness (QED) is 0.695. The minimum Gasteiger partial charge on any atom is -0.379 e. The number of halogens is 4. The highest BCUT2D eigenvalue weighted by Crippen LogP contribution is 2.42. The Morgan fingerprint density at radius 3 is 2.57 bits per heavy atom. The van der Waals surface area contributed by atoms with Crippen LogP contribution in [0.5, 0.6) is 0 Å². The number of carbonyl (C=O) groups excluding carboxylic acids is 1. The number of nitrogens with one attached hydrogen (secondary N) is 2. The average Bonchev–Trinajstić information content (AvgIpc) is 2.68. The summed E-state index contributed by atoms with van der Waals surface area (Å²) in [5.41, 5.74) is -0.152. The lowest BCUT2D eigenvalue weighted by Gasteiger charge is -2.40. The lowest BCUT2D eigenvalue weighted by molar-refractivity contribution is -0.209. The third-order valence-corrected chi connectivity index (χ3v) is 5.95. The van der Waals surface area contributed by atoms with Crippen molar-refractivity contribution in [3.63, 3.8) is 0 Å². The maximum absolute atomic E-state index is 13.7. The molecule has 2 aliphatic rings. The number of aromatic nitrogens is 1. The maximum Gasteiger partial charge on any atom is 0.391 e. The molecule has 6 atom stereocenters. The number of hydrogen-bond acceptors (Lipinski definition) is 4. The monoisotopic (exact) mass is 434 g/mol. The molecule has 1 amide bonds. The molecule has 168 valence electrons. The Balaban J connectivity index is 1.76. The number of methoxy groups -OCH3 is 1. The van der Waals surface area contributed by atoms with Gasteiger partial charge in [0, 0.05) is 31.5 Å². The van der Waals surface area contributed by atoms with E-state index in [9.17, 15) is 27.2 Å². The van der Waals surface area contributed by atoms with E-state index in [0.717, 1.165) is 0 Å². The molecule has 0 saturated heterocycles. The fourth-order valence-electron chi connectivity index (χ4n) is 4.31. The molecule has 10 heteroatoms. The number of anilines is 1. The first-order chi connectivity index (χ1) is 14.2. The van der Waals surface area contributed by atoms with Crippen molar-refractivity contribution in [1.29, 1.82) is 0 Å². The summed E-state index contributed by atoms with van der Waals surface area (Å²) in [6.45, 7) is 0. The van der Waals surface area contributed by atoms with Crippen LogP contribution in [0.25, 0.3) is 0 Å². The van der Waals surface area contributed by atoms with Crippen molar-refractivity contribution < 1.29 is 31.8 Å². The van der Waals surface area contributed by atoms with E-state index >= 15 is 0 Å². The van der Waals surface area contributed by atoms with Crippen LogP contribution in [-0.2, 0) is 14.3 Å². The Morgan fingerprint density at radius 2 is 1.90 bits per heavy atom. The number of carbonyl (C=O) groups is 1. The van der Waals surface area contributed by atoms with E-state index in [1.54, 1.807) is 0 Å². The van der Waals surface area contributed by atoms with E-state index in [2.05, 4.69) is 10.3 Å². The third kappa shape index (κ3) is 5.60. The van der Waals surface area contributed by atoms with E-state index in [4.69, 9.17) is 9.47 Å². The van der Waals surface area contributed by atoms with Gasteiger partial charge >= 0.3 is 6.18 Å². The number of hydrogen-bond donors (Lipinski definition) is 2. The van der Waals surface area contributed by atoms with E-state index in [0.29, 0.717) is 6.42 Å². The molecule has 2 saturated carbocycles. The van der Waals surface area contributed by atoms with E-state index in [1.165, 1.54) is 25.4 Å². The van der Waals surface area contributed by atoms with Gasteiger partial charge in [0.1, 0.15) is 6.17 Å². The number of ether oxygens (including phenoxy) is 2. The molecular weight excluding hydrogens is 408 g/mol. The molecule has 1 aromatic heterocycles. The van der Waals surface area contributed by atoms with Gasteiger partial charge in [-0.3, -0.25) is 9.59 Å². The molecule has 6 unspecified atom stereocenters. The molecule has 6 nitrogen and oxygen atoms in total. The number of pyridine rings is 1. The molecule has 0 aromatic carbocycles. The van der Waals surface area contributed by atoms with E-state index < -0.39 is 54.0 Å². The number of alkyl halides is 4. The fraction of sp³-hybridized carbons (Fsp3) is 0.700. The van der Waals surface area contributed by atoms with Crippen molar-refractivity contribution in [1.82, 2.24) is 4.98 Å². The molecule has 0 bridgehead atoms. The van der Waals surface area contributed by atoms with Crippen molar-refractivity contribution >= 4 is 11.6 Å². The molecule has 2 fully saturated rings. The standard InChI is InChI=1S/C20H26F4N2O4/c1-29-17-9-12(21)3-5-15(17)30-16-8-11(20(22,23)24)2-4-14(16)19(28)26-13-6-7-25-18(27)10-13/h6-7,10-12,14-17H,2-5,8-9H2,1H3,(H2,25,26,27,28). The van der Waals surface area contributed by atoms with Crippen molar-refractivity contribution in [3.8, 4) is 0 Å². The topological polar surface area (TPSA) is 80.4 Å². The third-order valence-electron chi connectivity index (χ3n) is 5.95. The Bertz CT molecular complexity index is 785. The zero-order valence-electron chi connectivity index (χ0n) is 16.6. The summed E-state index contributed by atoms with van der Waals surface area (Å²) in [6.07, 6.45) is -6.04. The molecule has 2 aliphatic carbocycles. The number of rotatable bonds is 5. The van der Waals surface area contributed by atoms with E-state index in [1.807, 2.05) is 0 Å². The predicted octanol–water partition coefficient (Wildman–Crippen LogP) is 3.58. The van der Waals surface area contributed by atoms with Gasteiger partial charge in [-0.25, -0.2) is 4.39 Å². The van der Waals surface area contributed by atoms with Crippen LogP contribution in [0.1, 0.15) is 38.5 Å². The summed E-state index contributed by atoms with van der Waals surface area (Å²) in [5.74, 6) is -2.88. The normalized spacial score (nSPS) is 32.6. The number of aromatic amines is 1. The Kier molecular flexibility index (Phi) is 7.18. The first-order valence-electron chi connectivity index (χ1n) is 10.1. The average molecular weight is 434 g/mol. The summed E-state index contributed by atoms with van der Waals surface area (Å²) in [4.78, 5) is 26.7. The highest BCUT2D eigenvalue weighted by molar-refractivity contribution is 5.92. The number of H-pyrrole nitrogens is 1. The molecule has 0 spiro atoms. The van der Waals surface area contributed by atoms with Crippen LogP contribution in [0, 0.1) is 11.8 Å². The summed E-state index contributed by atoms with van der Waals surface area (Å²) < 4.78 is 65.0. The molecule has 3 rings (SSSR count). The van der Waals surface area contributed by atoms with Crippen LogP contribution in [0.2, 0.25) is 0 Å². The van der Waals surface area contributed by atoms with Crippen LogP contribution in [0.4, 0.5) is 23.2 Å². The predicted molar refractivity (Wildman–Crippen MR) is 101 cm³/mol.